The van der Waals surface area contributed by atoms with Crippen molar-refractivity contribution in [2.24, 2.45) is 5.84 Å². The van der Waals surface area contributed by atoms with Crippen LogP contribution < -0.4 is 11.3 Å². The molecule has 0 bridgehead atoms. The van der Waals surface area contributed by atoms with Crippen molar-refractivity contribution in [1.82, 2.24) is 5.43 Å². The summed E-state index contributed by atoms with van der Waals surface area (Å²) in [4.78, 5) is 11.3. The minimum atomic E-state index is -4.46. The van der Waals surface area contributed by atoms with Gasteiger partial charge in [-0.3, -0.25) is 10.2 Å². The Morgan fingerprint density at radius 3 is 2.58 bits per heavy atom. The van der Waals surface area contributed by atoms with Crippen molar-refractivity contribution < 1.29 is 23.1 Å². The third-order valence-corrected chi connectivity index (χ3v) is 2.87. The molecule has 1 aromatic rings. The molecule has 1 amide bonds. The van der Waals surface area contributed by atoms with Crippen LogP contribution in [0.3, 0.4) is 0 Å². The van der Waals surface area contributed by atoms with Gasteiger partial charge in [0, 0.05) is 5.92 Å². The van der Waals surface area contributed by atoms with E-state index in [0.29, 0.717) is 6.42 Å². The zero-order valence-corrected chi connectivity index (χ0v) is 10.2. The number of amides is 1. The smallest absolute Gasteiger partial charge is 0.383 e. The van der Waals surface area contributed by atoms with Crippen LogP contribution in [0.2, 0.25) is 0 Å². The molecular weight excluding hydrogens is 261 g/mol. The molecule has 7 heteroatoms. The molecule has 0 saturated carbocycles. The van der Waals surface area contributed by atoms with E-state index in [1.807, 2.05) is 0 Å². The number of alkyl halides is 3. The van der Waals surface area contributed by atoms with Gasteiger partial charge in [-0.15, -0.1) is 0 Å². The highest BCUT2D eigenvalue weighted by Crippen LogP contribution is 2.32. The molecule has 0 aliphatic rings. The number of hydrogen-bond donors (Lipinski definition) is 3. The van der Waals surface area contributed by atoms with Gasteiger partial charge < -0.3 is 5.11 Å². The number of hydrogen-bond acceptors (Lipinski definition) is 3. The van der Waals surface area contributed by atoms with Crippen LogP contribution in [0, 0.1) is 0 Å². The van der Waals surface area contributed by atoms with Gasteiger partial charge in [0.15, 0.2) is 0 Å². The van der Waals surface area contributed by atoms with Crippen molar-refractivity contribution in [3.63, 3.8) is 0 Å². The van der Waals surface area contributed by atoms with E-state index in [4.69, 9.17) is 5.84 Å². The maximum absolute atomic E-state index is 12.6. The second-order valence-electron chi connectivity index (χ2n) is 4.09. The molecule has 0 aliphatic carbocycles. The average molecular weight is 276 g/mol. The predicted molar refractivity (Wildman–Crippen MR) is 62.8 cm³/mol. The van der Waals surface area contributed by atoms with Gasteiger partial charge >= 0.3 is 6.18 Å². The number of nitrogens with two attached hydrogens (primary N) is 1. The van der Waals surface area contributed by atoms with E-state index in [0.717, 1.165) is 12.1 Å². The maximum Gasteiger partial charge on any atom is 0.416 e. The molecule has 0 fully saturated rings. The summed E-state index contributed by atoms with van der Waals surface area (Å²) in [6.07, 6.45) is -5.65. The lowest BCUT2D eigenvalue weighted by Gasteiger charge is -2.21. The summed E-state index contributed by atoms with van der Waals surface area (Å²) < 4.78 is 37.8. The van der Waals surface area contributed by atoms with Gasteiger partial charge in [-0.25, -0.2) is 5.84 Å². The molecule has 2 atom stereocenters. The molecule has 0 heterocycles. The number of aliphatic hydroxyl groups excluding tert-OH is 1. The van der Waals surface area contributed by atoms with Crippen molar-refractivity contribution in [2.75, 3.05) is 0 Å². The van der Waals surface area contributed by atoms with Crippen LogP contribution in [0.25, 0.3) is 0 Å². The van der Waals surface area contributed by atoms with Crippen LogP contribution in [0.4, 0.5) is 13.2 Å². The van der Waals surface area contributed by atoms with Gasteiger partial charge in [0.2, 0.25) is 0 Å². The fourth-order valence-electron chi connectivity index (χ4n) is 1.85. The van der Waals surface area contributed by atoms with Crippen molar-refractivity contribution in [1.29, 1.82) is 0 Å². The molecular formula is C12H15F3N2O2. The zero-order valence-electron chi connectivity index (χ0n) is 10.2. The van der Waals surface area contributed by atoms with E-state index >= 15 is 0 Å². The van der Waals surface area contributed by atoms with E-state index < -0.39 is 29.7 Å². The van der Waals surface area contributed by atoms with Gasteiger partial charge in [0.25, 0.3) is 5.91 Å². The summed E-state index contributed by atoms with van der Waals surface area (Å²) in [6, 6.07) is 4.55. The minimum absolute atomic E-state index is 0.244. The number of aliphatic hydroxyl groups is 1. The minimum Gasteiger partial charge on any atom is -0.383 e. The first-order valence-electron chi connectivity index (χ1n) is 5.67. The number of hydrazine groups is 1. The van der Waals surface area contributed by atoms with E-state index in [9.17, 15) is 23.1 Å². The quantitative estimate of drug-likeness (QED) is 0.443. The van der Waals surface area contributed by atoms with Crippen molar-refractivity contribution in [3.05, 3.63) is 35.4 Å². The molecule has 0 radical (unpaired) electrons. The number of halogens is 3. The van der Waals surface area contributed by atoms with Crippen LogP contribution in [0.15, 0.2) is 24.3 Å². The first-order valence-corrected chi connectivity index (χ1v) is 5.67. The number of nitrogens with one attached hydrogen (secondary N) is 1. The van der Waals surface area contributed by atoms with Crippen LogP contribution in [-0.4, -0.2) is 17.1 Å². The monoisotopic (exact) mass is 276 g/mol. The molecule has 0 saturated heterocycles. The molecule has 19 heavy (non-hydrogen) atoms. The molecule has 1 aromatic carbocycles. The molecule has 0 aromatic heterocycles. The molecule has 1 rings (SSSR count). The lowest BCUT2D eigenvalue weighted by atomic mass is 9.89. The SMILES string of the molecule is CCC(c1cccc(C(F)(F)F)c1)C(O)C(=O)NN. The Balaban J connectivity index is 3.09. The standard InChI is InChI=1S/C12H15F3N2O2/c1-2-9(10(18)11(19)17-16)7-4-3-5-8(6-7)12(13,14)15/h3-6,9-10,18H,2,16H2,1H3,(H,17,19). The average Bonchev–Trinajstić information content (AvgIpc) is 2.38. The number of benzene rings is 1. The fourth-order valence-corrected chi connectivity index (χ4v) is 1.85. The van der Waals surface area contributed by atoms with Gasteiger partial charge in [0.05, 0.1) is 5.56 Å². The van der Waals surface area contributed by atoms with Crippen molar-refractivity contribution in [2.45, 2.75) is 31.5 Å². The first-order chi connectivity index (χ1) is 8.81. The van der Waals surface area contributed by atoms with Crippen LogP contribution in [-0.2, 0) is 11.0 Å². The molecule has 2 unspecified atom stereocenters. The highest BCUT2D eigenvalue weighted by Gasteiger charge is 2.32. The zero-order chi connectivity index (χ0) is 14.6. The highest BCUT2D eigenvalue weighted by atomic mass is 19.4. The second kappa shape index (κ2) is 6.03. The largest absolute Gasteiger partial charge is 0.416 e. The number of carbonyl (C=O) groups is 1. The number of carbonyl (C=O) groups excluding carboxylic acids is 1. The van der Waals surface area contributed by atoms with Crippen molar-refractivity contribution >= 4 is 5.91 Å². The third-order valence-electron chi connectivity index (χ3n) is 2.87. The summed E-state index contributed by atoms with van der Waals surface area (Å²) in [5, 5.41) is 9.75. The Morgan fingerprint density at radius 1 is 1.47 bits per heavy atom. The number of rotatable bonds is 4. The Morgan fingerprint density at radius 2 is 2.11 bits per heavy atom. The molecule has 4 nitrogen and oxygen atoms in total. The normalized spacial score (nSPS) is 14.8. The first kappa shape index (κ1) is 15.5. The predicted octanol–water partition coefficient (Wildman–Crippen LogP) is 1.55. The molecule has 0 aliphatic heterocycles. The van der Waals surface area contributed by atoms with E-state index in [1.54, 1.807) is 12.3 Å². The van der Waals surface area contributed by atoms with Gasteiger partial charge in [-0.2, -0.15) is 13.2 Å². The van der Waals surface area contributed by atoms with Gasteiger partial charge in [-0.05, 0) is 18.1 Å². The summed E-state index contributed by atoms with van der Waals surface area (Å²) in [5.74, 6) is 3.33. The third kappa shape index (κ3) is 3.68. The summed E-state index contributed by atoms with van der Waals surface area (Å²) in [6.45, 7) is 1.66. The fraction of sp³-hybridized carbons (Fsp3) is 0.417. The maximum atomic E-state index is 12.6. The summed E-state index contributed by atoms with van der Waals surface area (Å²) >= 11 is 0. The summed E-state index contributed by atoms with van der Waals surface area (Å²) in [5.41, 5.74) is 1.21. The Labute approximate surface area is 108 Å². The Hall–Kier alpha value is -1.60. The van der Waals surface area contributed by atoms with E-state index in [1.165, 1.54) is 12.1 Å². The topological polar surface area (TPSA) is 75.3 Å². The van der Waals surface area contributed by atoms with Crippen LogP contribution in [0.1, 0.15) is 30.4 Å². The Bertz CT molecular complexity index is 449. The molecule has 4 N–H and O–H groups in total. The lowest BCUT2D eigenvalue weighted by Crippen LogP contribution is -2.42. The molecule has 106 valence electrons. The van der Waals surface area contributed by atoms with Crippen LogP contribution in [0.5, 0.6) is 0 Å². The van der Waals surface area contributed by atoms with Gasteiger partial charge in [0.1, 0.15) is 6.10 Å². The van der Waals surface area contributed by atoms with E-state index in [2.05, 4.69) is 0 Å². The second-order valence-corrected chi connectivity index (χ2v) is 4.09. The lowest BCUT2D eigenvalue weighted by molar-refractivity contribution is -0.137. The highest BCUT2D eigenvalue weighted by molar-refractivity contribution is 5.81. The molecule has 0 spiro atoms. The Kier molecular flexibility index (Phi) is 4.90. The summed E-state index contributed by atoms with van der Waals surface area (Å²) in [7, 11) is 0. The van der Waals surface area contributed by atoms with Gasteiger partial charge in [-0.1, -0.05) is 25.1 Å². The van der Waals surface area contributed by atoms with Crippen LogP contribution >= 0.6 is 0 Å². The van der Waals surface area contributed by atoms with Crippen molar-refractivity contribution in [3.8, 4) is 0 Å². The van der Waals surface area contributed by atoms with E-state index in [-0.39, 0.29) is 5.56 Å².